The molecule has 0 aliphatic carbocycles. The summed E-state index contributed by atoms with van der Waals surface area (Å²) >= 11 is 0. The lowest BCUT2D eigenvalue weighted by molar-refractivity contribution is -0.137. The topological polar surface area (TPSA) is 64.7 Å². The van der Waals surface area contributed by atoms with Crippen LogP contribution in [0.3, 0.4) is 0 Å². The number of carbonyl (C=O) groups is 2. The van der Waals surface area contributed by atoms with Crippen LogP contribution in [0.15, 0.2) is 0 Å². The highest BCUT2D eigenvalue weighted by molar-refractivity contribution is 5.82. The minimum Gasteiger partial charge on any atom is -0.355 e. The van der Waals surface area contributed by atoms with Crippen molar-refractivity contribution < 1.29 is 9.59 Å². The Kier molecular flexibility index (Phi) is 4.54. The lowest BCUT2D eigenvalue weighted by atomic mass is 10.2. The SMILES string of the molecule is CC(C(=O)N1CCNCC1)N1CCNC(=O)CC1. The van der Waals surface area contributed by atoms with Crippen LogP contribution in [0, 0.1) is 0 Å². The number of piperazine rings is 1. The van der Waals surface area contributed by atoms with E-state index in [0.717, 1.165) is 32.7 Å². The number of hydrogen-bond donors (Lipinski definition) is 2. The maximum Gasteiger partial charge on any atom is 0.239 e. The largest absolute Gasteiger partial charge is 0.355 e. The van der Waals surface area contributed by atoms with E-state index in [1.165, 1.54) is 0 Å². The van der Waals surface area contributed by atoms with Crippen molar-refractivity contribution in [2.75, 3.05) is 45.8 Å². The zero-order valence-corrected chi connectivity index (χ0v) is 10.9. The van der Waals surface area contributed by atoms with E-state index in [-0.39, 0.29) is 17.9 Å². The summed E-state index contributed by atoms with van der Waals surface area (Å²) in [4.78, 5) is 27.6. The van der Waals surface area contributed by atoms with Crippen molar-refractivity contribution in [2.45, 2.75) is 19.4 Å². The lowest BCUT2D eigenvalue weighted by Crippen LogP contribution is -2.53. The molecule has 2 fully saturated rings. The predicted octanol–water partition coefficient (Wildman–Crippen LogP) is -1.37. The van der Waals surface area contributed by atoms with Crippen molar-refractivity contribution in [2.24, 2.45) is 0 Å². The summed E-state index contributed by atoms with van der Waals surface area (Å²) in [5, 5.41) is 6.07. The summed E-state index contributed by atoms with van der Waals surface area (Å²) in [6.45, 7) is 7.33. The van der Waals surface area contributed by atoms with Crippen molar-refractivity contribution in [3.8, 4) is 0 Å². The molecule has 0 aromatic rings. The van der Waals surface area contributed by atoms with Crippen molar-refractivity contribution in [3.63, 3.8) is 0 Å². The number of hydrogen-bond acceptors (Lipinski definition) is 4. The molecule has 2 saturated heterocycles. The second-order valence-corrected chi connectivity index (χ2v) is 4.89. The Morgan fingerprint density at radius 2 is 1.89 bits per heavy atom. The molecule has 2 aliphatic rings. The molecule has 2 aliphatic heterocycles. The van der Waals surface area contributed by atoms with Gasteiger partial charge in [0.2, 0.25) is 11.8 Å². The Morgan fingerprint density at radius 3 is 2.61 bits per heavy atom. The third kappa shape index (κ3) is 3.20. The number of carbonyl (C=O) groups excluding carboxylic acids is 2. The van der Waals surface area contributed by atoms with Gasteiger partial charge in [-0.05, 0) is 6.92 Å². The summed E-state index contributed by atoms with van der Waals surface area (Å²) in [5.74, 6) is 0.269. The molecule has 2 rings (SSSR count). The van der Waals surface area contributed by atoms with E-state index in [9.17, 15) is 9.59 Å². The first-order valence-electron chi connectivity index (χ1n) is 6.69. The fraction of sp³-hybridized carbons (Fsp3) is 0.833. The second-order valence-electron chi connectivity index (χ2n) is 4.89. The number of nitrogens with one attached hydrogen (secondary N) is 2. The Morgan fingerprint density at radius 1 is 1.17 bits per heavy atom. The normalized spacial score (nSPS) is 24.3. The average molecular weight is 254 g/mol. The van der Waals surface area contributed by atoms with Gasteiger partial charge in [0.25, 0.3) is 0 Å². The highest BCUT2D eigenvalue weighted by Gasteiger charge is 2.27. The molecule has 18 heavy (non-hydrogen) atoms. The summed E-state index contributed by atoms with van der Waals surface area (Å²) in [5.41, 5.74) is 0. The fourth-order valence-corrected chi connectivity index (χ4v) is 2.48. The Hall–Kier alpha value is -1.14. The van der Waals surface area contributed by atoms with Crippen LogP contribution in [0.4, 0.5) is 0 Å². The van der Waals surface area contributed by atoms with Crippen LogP contribution in [0.2, 0.25) is 0 Å². The van der Waals surface area contributed by atoms with Gasteiger partial charge in [0, 0.05) is 52.2 Å². The first-order valence-corrected chi connectivity index (χ1v) is 6.69. The van der Waals surface area contributed by atoms with E-state index in [4.69, 9.17) is 0 Å². The van der Waals surface area contributed by atoms with Gasteiger partial charge in [-0.1, -0.05) is 0 Å². The molecule has 0 aromatic carbocycles. The molecule has 1 atom stereocenters. The van der Waals surface area contributed by atoms with Crippen LogP contribution in [0.1, 0.15) is 13.3 Å². The molecule has 1 unspecified atom stereocenters. The molecule has 0 bridgehead atoms. The molecule has 102 valence electrons. The van der Waals surface area contributed by atoms with Gasteiger partial charge in [-0.2, -0.15) is 0 Å². The van der Waals surface area contributed by atoms with Gasteiger partial charge < -0.3 is 15.5 Å². The molecule has 0 aromatic heterocycles. The van der Waals surface area contributed by atoms with Crippen LogP contribution >= 0.6 is 0 Å². The maximum absolute atomic E-state index is 12.3. The van der Waals surface area contributed by atoms with E-state index in [2.05, 4.69) is 15.5 Å². The fourth-order valence-electron chi connectivity index (χ4n) is 2.48. The quantitative estimate of drug-likeness (QED) is 0.638. The van der Waals surface area contributed by atoms with Gasteiger partial charge in [-0.25, -0.2) is 0 Å². The van der Waals surface area contributed by atoms with E-state index >= 15 is 0 Å². The smallest absolute Gasteiger partial charge is 0.239 e. The molecule has 2 N–H and O–H groups in total. The van der Waals surface area contributed by atoms with Gasteiger partial charge in [-0.15, -0.1) is 0 Å². The van der Waals surface area contributed by atoms with E-state index in [1.807, 2.05) is 11.8 Å². The zero-order chi connectivity index (χ0) is 13.0. The number of nitrogens with zero attached hydrogens (tertiary/aromatic N) is 2. The van der Waals surface area contributed by atoms with Gasteiger partial charge >= 0.3 is 0 Å². The predicted molar refractivity (Wildman–Crippen MR) is 68.1 cm³/mol. The summed E-state index contributed by atoms with van der Waals surface area (Å²) < 4.78 is 0. The maximum atomic E-state index is 12.3. The van der Waals surface area contributed by atoms with Crippen molar-refractivity contribution in [3.05, 3.63) is 0 Å². The molecule has 2 heterocycles. The van der Waals surface area contributed by atoms with Crippen molar-refractivity contribution in [1.29, 1.82) is 0 Å². The molecule has 2 amide bonds. The first-order chi connectivity index (χ1) is 8.68. The average Bonchev–Trinajstić information content (AvgIpc) is 2.63. The lowest BCUT2D eigenvalue weighted by Gasteiger charge is -2.34. The second kappa shape index (κ2) is 6.15. The molecule has 0 radical (unpaired) electrons. The van der Waals surface area contributed by atoms with Crippen LogP contribution in [-0.2, 0) is 9.59 Å². The standard InChI is InChI=1S/C12H22N4O2/c1-10(12(18)16-7-3-13-4-8-16)15-6-2-11(17)14-5-9-15/h10,13H,2-9H2,1H3,(H,14,17). The Labute approximate surface area is 108 Å². The van der Waals surface area contributed by atoms with E-state index in [0.29, 0.717) is 19.5 Å². The molecule has 6 heteroatoms. The van der Waals surface area contributed by atoms with Gasteiger partial charge in [-0.3, -0.25) is 14.5 Å². The highest BCUT2D eigenvalue weighted by atomic mass is 16.2. The van der Waals surface area contributed by atoms with Gasteiger partial charge in [0.15, 0.2) is 0 Å². The summed E-state index contributed by atoms with van der Waals surface area (Å²) in [6.07, 6.45) is 0.485. The number of rotatable bonds is 2. The van der Waals surface area contributed by atoms with Crippen LogP contribution in [0.25, 0.3) is 0 Å². The molecular weight excluding hydrogens is 232 g/mol. The minimum atomic E-state index is -0.129. The Balaban J connectivity index is 1.90. The molecular formula is C12H22N4O2. The molecule has 0 spiro atoms. The van der Waals surface area contributed by atoms with Crippen LogP contribution in [0.5, 0.6) is 0 Å². The third-order valence-corrected chi connectivity index (χ3v) is 3.68. The molecule has 0 saturated carbocycles. The van der Waals surface area contributed by atoms with E-state index in [1.54, 1.807) is 0 Å². The van der Waals surface area contributed by atoms with Gasteiger partial charge in [0.1, 0.15) is 0 Å². The summed E-state index contributed by atoms with van der Waals surface area (Å²) in [7, 11) is 0. The third-order valence-electron chi connectivity index (χ3n) is 3.68. The van der Waals surface area contributed by atoms with Crippen molar-refractivity contribution in [1.82, 2.24) is 20.4 Å². The van der Waals surface area contributed by atoms with E-state index < -0.39 is 0 Å². The summed E-state index contributed by atoms with van der Waals surface area (Å²) in [6, 6.07) is -0.129. The molecule has 6 nitrogen and oxygen atoms in total. The van der Waals surface area contributed by atoms with Gasteiger partial charge in [0.05, 0.1) is 6.04 Å². The first kappa shape index (κ1) is 13.3. The highest BCUT2D eigenvalue weighted by Crippen LogP contribution is 2.07. The van der Waals surface area contributed by atoms with Crippen molar-refractivity contribution >= 4 is 11.8 Å². The van der Waals surface area contributed by atoms with Crippen LogP contribution in [-0.4, -0.2) is 73.5 Å². The monoisotopic (exact) mass is 254 g/mol. The number of amides is 2. The minimum absolute atomic E-state index is 0.0827. The van der Waals surface area contributed by atoms with Crippen LogP contribution < -0.4 is 10.6 Å². The Bertz CT molecular complexity index is 315. The zero-order valence-electron chi connectivity index (χ0n) is 10.9.